The van der Waals surface area contributed by atoms with Gasteiger partial charge in [-0.3, -0.25) is 5.43 Å². The fraction of sp³-hybridized carbons (Fsp3) is 0.0435. The van der Waals surface area contributed by atoms with Gasteiger partial charge in [0.2, 0.25) is 5.13 Å². The van der Waals surface area contributed by atoms with Crippen molar-refractivity contribution >= 4 is 22.7 Å². The molecule has 4 aromatic rings. The molecule has 0 atom stereocenters. The highest BCUT2D eigenvalue weighted by Gasteiger charge is 2.08. The second kappa shape index (κ2) is 8.50. The van der Waals surface area contributed by atoms with Crippen LogP contribution in [0.4, 0.5) is 5.13 Å². The van der Waals surface area contributed by atoms with E-state index in [1.54, 1.807) is 17.6 Å². The van der Waals surface area contributed by atoms with Gasteiger partial charge in [-0.05, 0) is 36.8 Å². The standard InChI is InChI=1S/C23H19N3OS/c1-17-22(19-10-4-2-5-11-19)25-23(28-17)26-24-16-18-9-8-14-21(15-18)27-20-12-6-3-7-13-20/h2-16H,1H3,(H,25,26)/b24-16+. The zero-order valence-corrected chi connectivity index (χ0v) is 16.2. The van der Waals surface area contributed by atoms with E-state index in [2.05, 4.69) is 34.6 Å². The maximum absolute atomic E-state index is 5.86. The first-order valence-electron chi connectivity index (χ1n) is 8.93. The average Bonchev–Trinajstić information content (AvgIpc) is 3.10. The predicted molar refractivity (Wildman–Crippen MR) is 116 cm³/mol. The minimum atomic E-state index is 0.768. The normalized spacial score (nSPS) is 10.9. The number of thiazole rings is 1. The van der Waals surface area contributed by atoms with Crippen LogP contribution < -0.4 is 10.2 Å². The number of nitrogens with zero attached hydrogens (tertiary/aromatic N) is 2. The van der Waals surface area contributed by atoms with Crippen LogP contribution in [-0.4, -0.2) is 11.2 Å². The summed E-state index contributed by atoms with van der Waals surface area (Å²) in [5.41, 5.74) is 6.07. The lowest BCUT2D eigenvalue weighted by molar-refractivity contribution is 0.482. The van der Waals surface area contributed by atoms with Crippen molar-refractivity contribution in [3.8, 4) is 22.8 Å². The van der Waals surface area contributed by atoms with E-state index >= 15 is 0 Å². The summed E-state index contributed by atoms with van der Waals surface area (Å²) in [5.74, 6) is 1.58. The lowest BCUT2D eigenvalue weighted by Gasteiger charge is -2.05. The fourth-order valence-electron chi connectivity index (χ4n) is 2.75. The van der Waals surface area contributed by atoms with Crippen LogP contribution >= 0.6 is 11.3 Å². The van der Waals surface area contributed by atoms with Crippen LogP contribution in [0.5, 0.6) is 11.5 Å². The summed E-state index contributed by atoms with van der Waals surface area (Å²) >= 11 is 1.59. The Labute approximate surface area is 168 Å². The Morgan fingerprint density at radius 2 is 1.61 bits per heavy atom. The number of rotatable bonds is 6. The van der Waals surface area contributed by atoms with Gasteiger partial charge in [-0.1, -0.05) is 60.7 Å². The van der Waals surface area contributed by atoms with Crippen molar-refractivity contribution in [2.75, 3.05) is 5.43 Å². The van der Waals surface area contributed by atoms with Gasteiger partial charge in [-0.25, -0.2) is 4.98 Å². The molecule has 28 heavy (non-hydrogen) atoms. The summed E-state index contributed by atoms with van der Waals surface area (Å²) in [6.07, 6.45) is 1.76. The van der Waals surface area contributed by atoms with Gasteiger partial charge < -0.3 is 4.74 Å². The molecule has 4 rings (SSSR count). The number of nitrogens with one attached hydrogen (secondary N) is 1. The third-order valence-electron chi connectivity index (χ3n) is 4.05. The van der Waals surface area contributed by atoms with Crippen molar-refractivity contribution in [1.82, 2.24) is 4.98 Å². The van der Waals surface area contributed by atoms with Gasteiger partial charge in [-0.2, -0.15) is 5.10 Å². The van der Waals surface area contributed by atoms with Gasteiger partial charge in [0.1, 0.15) is 11.5 Å². The molecular formula is C23H19N3OS. The minimum absolute atomic E-state index is 0.768. The Hall–Kier alpha value is -3.44. The number of aryl methyl sites for hydroxylation is 1. The summed E-state index contributed by atoms with van der Waals surface area (Å²) in [6.45, 7) is 2.07. The van der Waals surface area contributed by atoms with E-state index in [0.717, 1.165) is 38.3 Å². The van der Waals surface area contributed by atoms with Gasteiger partial charge in [-0.15, -0.1) is 11.3 Å². The van der Waals surface area contributed by atoms with E-state index in [-0.39, 0.29) is 0 Å². The van der Waals surface area contributed by atoms with Crippen molar-refractivity contribution in [2.24, 2.45) is 5.10 Å². The van der Waals surface area contributed by atoms with Crippen LogP contribution in [0.15, 0.2) is 90.0 Å². The third-order valence-corrected chi connectivity index (χ3v) is 4.93. The topological polar surface area (TPSA) is 46.5 Å². The number of ether oxygens (including phenoxy) is 1. The van der Waals surface area contributed by atoms with Crippen LogP contribution in [0.1, 0.15) is 10.4 Å². The number of benzene rings is 3. The fourth-order valence-corrected chi connectivity index (χ4v) is 3.54. The quantitative estimate of drug-likeness (QED) is 0.310. The second-order valence-corrected chi connectivity index (χ2v) is 7.35. The molecule has 5 heteroatoms. The highest BCUT2D eigenvalue weighted by Crippen LogP contribution is 2.30. The molecule has 0 spiro atoms. The zero-order valence-electron chi connectivity index (χ0n) is 15.4. The van der Waals surface area contributed by atoms with E-state index < -0.39 is 0 Å². The van der Waals surface area contributed by atoms with Crippen molar-refractivity contribution in [3.63, 3.8) is 0 Å². The number of para-hydroxylation sites is 1. The predicted octanol–water partition coefficient (Wildman–Crippen LogP) is 6.36. The first kappa shape index (κ1) is 17.9. The van der Waals surface area contributed by atoms with Gasteiger partial charge in [0, 0.05) is 10.4 Å². The zero-order chi connectivity index (χ0) is 19.2. The molecule has 0 saturated carbocycles. The van der Waals surface area contributed by atoms with Gasteiger partial charge >= 0.3 is 0 Å². The molecule has 0 saturated heterocycles. The molecule has 1 heterocycles. The smallest absolute Gasteiger partial charge is 0.204 e. The van der Waals surface area contributed by atoms with Crippen molar-refractivity contribution in [2.45, 2.75) is 6.92 Å². The van der Waals surface area contributed by atoms with E-state index in [9.17, 15) is 0 Å². The highest BCUT2D eigenvalue weighted by atomic mass is 32.1. The van der Waals surface area contributed by atoms with E-state index in [1.807, 2.05) is 72.8 Å². The van der Waals surface area contributed by atoms with Gasteiger partial charge in [0.15, 0.2) is 0 Å². The molecule has 1 aromatic heterocycles. The summed E-state index contributed by atoms with van der Waals surface area (Å²) in [7, 11) is 0. The Balaban J connectivity index is 1.43. The lowest BCUT2D eigenvalue weighted by atomic mass is 10.1. The minimum Gasteiger partial charge on any atom is -0.457 e. The largest absolute Gasteiger partial charge is 0.457 e. The molecule has 0 fully saturated rings. The Bertz CT molecular complexity index is 1080. The summed E-state index contributed by atoms with van der Waals surface area (Å²) in [6, 6.07) is 27.7. The van der Waals surface area contributed by atoms with E-state index in [0.29, 0.717) is 0 Å². The Morgan fingerprint density at radius 3 is 2.39 bits per heavy atom. The maximum Gasteiger partial charge on any atom is 0.204 e. The molecule has 0 amide bonds. The van der Waals surface area contributed by atoms with Crippen molar-refractivity contribution in [3.05, 3.63) is 95.4 Å². The van der Waals surface area contributed by atoms with Gasteiger partial charge in [0.25, 0.3) is 0 Å². The molecule has 0 aliphatic heterocycles. The van der Waals surface area contributed by atoms with Crippen LogP contribution in [-0.2, 0) is 0 Å². The molecule has 0 unspecified atom stereocenters. The SMILES string of the molecule is Cc1sc(N/N=C/c2cccc(Oc3ccccc3)c2)nc1-c1ccccc1. The van der Waals surface area contributed by atoms with Crippen LogP contribution in [0.3, 0.4) is 0 Å². The lowest BCUT2D eigenvalue weighted by Crippen LogP contribution is -1.91. The number of hydrogen-bond donors (Lipinski definition) is 1. The van der Waals surface area contributed by atoms with Crippen LogP contribution in [0, 0.1) is 6.92 Å². The third kappa shape index (κ3) is 4.45. The monoisotopic (exact) mass is 385 g/mol. The number of hydrogen-bond acceptors (Lipinski definition) is 5. The molecule has 0 bridgehead atoms. The molecule has 4 nitrogen and oxygen atoms in total. The second-order valence-electron chi connectivity index (χ2n) is 6.15. The highest BCUT2D eigenvalue weighted by molar-refractivity contribution is 7.15. The molecule has 1 N–H and O–H groups in total. The molecule has 0 aliphatic rings. The van der Waals surface area contributed by atoms with Crippen LogP contribution in [0.2, 0.25) is 0 Å². The number of hydrazone groups is 1. The summed E-state index contributed by atoms with van der Waals surface area (Å²) in [4.78, 5) is 5.81. The van der Waals surface area contributed by atoms with Crippen molar-refractivity contribution < 1.29 is 4.74 Å². The molecule has 3 aromatic carbocycles. The Kier molecular flexibility index (Phi) is 5.45. The molecular weight excluding hydrogens is 366 g/mol. The number of aromatic nitrogens is 1. The van der Waals surface area contributed by atoms with Crippen molar-refractivity contribution in [1.29, 1.82) is 0 Å². The first-order chi connectivity index (χ1) is 13.8. The molecule has 0 radical (unpaired) electrons. The molecule has 0 aliphatic carbocycles. The summed E-state index contributed by atoms with van der Waals surface area (Å²) in [5, 5.41) is 5.09. The van der Waals surface area contributed by atoms with Crippen LogP contribution in [0.25, 0.3) is 11.3 Å². The van der Waals surface area contributed by atoms with E-state index in [1.165, 1.54) is 0 Å². The molecule has 138 valence electrons. The Morgan fingerprint density at radius 1 is 0.893 bits per heavy atom. The van der Waals surface area contributed by atoms with E-state index in [4.69, 9.17) is 4.74 Å². The summed E-state index contributed by atoms with van der Waals surface area (Å²) < 4.78 is 5.86. The van der Waals surface area contributed by atoms with Gasteiger partial charge in [0.05, 0.1) is 11.9 Å². The first-order valence-corrected chi connectivity index (χ1v) is 9.74. The maximum atomic E-state index is 5.86. The average molecular weight is 385 g/mol. The number of anilines is 1.